The second-order valence-electron chi connectivity index (χ2n) is 9.39. The lowest BCUT2D eigenvalue weighted by molar-refractivity contribution is 0.00799. The van der Waals surface area contributed by atoms with Gasteiger partial charge in [0.25, 0.3) is 0 Å². The number of halogens is 3. The van der Waals surface area contributed by atoms with Crippen molar-refractivity contribution in [2.24, 2.45) is 5.92 Å². The van der Waals surface area contributed by atoms with Gasteiger partial charge in [-0.3, -0.25) is 4.90 Å². The van der Waals surface area contributed by atoms with E-state index in [2.05, 4.69) is 9.88 Å². The Balaban J connectivity index is 1.64. The lowest BCUT2D eigenvalue weighted by Crippen LogP contribution is -2.53. The van der Waals surface area contributed by atoms with Crippen molar-refractivity contribution in [2.75, 3.05) is 19.7 Å². The van der Waals surface area contributed by atoms with Gasteiger partial charge in [0.1, 0.15) is 16.5 Å². The number of carbonyl (C=O) groups is 1. The van der Waals surface area contributed by atoms with Crippen LogP contribution < -0.4 is 0 Å². The Morgan fingerprint density at radius 2 is 1.97 bits per heavy atom. The number of rotatable bonds is 8. The number of benzene rings is 2. The number of esters is 1. The van der Waals surface area contributed by atoms with E-state index in [9.17, 15) is 14.4 Å². The minimum Gasteiger partial charge on any atom is -0.461 e. The molecule has 2 atom stereocenters. The molecule has 0 bridgehead atoms. The van der Waals surface area contributed by atoms with Crippen LogP contribution in [0.5, 0.6) is 0 Å². The van der Waals surface area contributed by atoms with Crippen molar-refractivity contribution in [1.29, 1.82) is 5.26 Å². The summed E-state index contributed by atoms with van der Waals surface area (Å²) >= 11 is 7.47. The first-order valence-corrected chi connectivity index (χ1v) is 12.9. The number of carbonyl (C=O) groups excluding carboxylic acids is 1. The van der Waals surface area contributed by atoms with Crippen LogP contribution in [0.4, 0.5) is 8.78 Å². The van der Waals surface area contributed by atoms with Crippen LogP contribution in [0.15, 0.2) is 47.8 Å². The van der Waals surface area contributed by atoms with E-state index in [4.69, 9.17) is 16.3 Å². The fraction of sp³-hybridized carbons (Fsp3) is 0.370. The van der Waals surface area contributed by atoms with Crippen LogP contribution in [0.2, 0.25) is 5.02 Å². The number of likely N-dealkylation sites (tertiary alicyclic amines) is 1. The zero-order chi connectivity index (χ0) is 26.0. The van der Waals surface area contributed by atoms with Gasteiger partial charge < -0.3 is 4.74 Å². The van der Waals surface area contributed by atoms with Gasteiger partial charge in [-0.2, -0.15) is 5.26 Å². The molecule has 9 heteroatoms. The zero-order valence-corrected chi connectivity index (χ0v) is 21.7. The molecule has 4 rings (SSSR count). The fourth-order valence-electron chi connectivity index (χ4n) is 4.92. The van der Waals surface area contributed by atoms with Crippen molar-refractivity contribution < 1.29 is 18.3 Å². The molecule has 1 aliphatic rings. The van der Waals surface area contributed by atoms with E-state index >= 15 is 4.39 Å². The highest BCUT2D eigenvalue weighted by Crippen LogP contribution is 2.46. The van der Waals surface area contributed by atoms with Crippen molar-refractivity contribution in [3.8, 4) is 6.07 Å². The van der Waals surface area contributed by atoms with Gasteiger partial charge in [0.05, 0.1) is 24.3 Å². The summed E-state index contributed by atoms with van der Waals surface area (Å²) in [7, 11) is 0. The van der Waals surface area contributed by atoms with Gasteiger partial charge >= 0.3 is 5.97 Å². The predicted octanol–water partition coefficient (Wildman–Crippen LogP) is 6.54. The van der Waals surface area contributed by atoms with Gasteiger partial charge in [0.15, 0.2) is 5.69 Å². The summed E-state index contributed by atoms with van der Waals surface area (Å²) in [4.78, 5) is 18.9. The number of hydrogen-bond acceptors (Lipinski definition) is 6. The predicted molar refractivity (Wildman–Crippen MR) is 135 cm³/mol. The molecule has 1 saturated heterocycles. The number of thiazole rings is 1. The molecule has 3 aromatic rings. The van der Waals surface area contributed by atoms with Crippen molar-refractivity contribution in [3.63, 3.8) is 0 Å². The van der Waals surface area contributed by atoms with Crippen molar-refractivity contribution in [2.45, 2.75) is 38.4 Å². The lowest BCUT2D eigenvalue weighted by Gasteiger charge is -2.49. The summed E-state index contributed by atoms with van der Waals surface area (Å²) in [5.74, 6) is -1.75. The molecule has 0 aliphatic carbocycles. The first-order valence-electron chi connectivity index (χ1n) is 11.6. The van der Waals surface area contributed by atoms with Gasteiger partial charge in [-0.1, -0.05) is 23.7 Å². The summed E-state index contributed by atoms with van der Waals surface area (Å²) < 4.78 is 34.8. The molecule has 2 heterocycles. The highest BCUT2D eigenvalue weighted by Gasteiger charge is 2.46. The molecule has 1 aromatic heterocycles. The second kappa shape index (κ2) is 10.6. The highest BCUT2D eigenvalue weighted by molar-refractivity contribution is 7.10. The minimum absolute atomic E-state index is 0.113. The monoisotopic (exact) mass is 529 g/mol. The summed E-state index contributed by atoms with van der Waals surface area (Å²) in [6, 6.07) is 13.1. The maximum Gasteiger partial charge on any atom is 0.357 e. The molecule has 5 nitrogen and oxygen atoms in total. The normalized spacial score (nSPS) is 16.1. The zero-order valence-electron chi connectivity index (χ0n) is 20.2. The number of hydrogen-bond donors (Lipinski definition) is 0. The van der Waals surface area contributed by atoms with Crippen LogP contribution in [0, 0.1) is 23.1 Å². The second-order valence-corrected chi connectivity index (χ2v) is 10.7. The summed E-state index contributed by atoms with van der Waals surface area (Å²) in [6.45, 7) is 6.02. The first kappa shape index (κ1) is 26.2. The van der Waals surface area contributed by atoms with Crippen molar-refractivity contribution >= 4 is 28.9 Å². The van der Waals surface area contributed by atoms with E-state index < -0.39 is 23.4 Å². The number of aromatic nitrogens is 1. The van der Waals surface area contributed by atoms with E-state index in [0.29, 0.717) is 28.7 Å². The van der Waals surface area contributed by atoms with E-state index in [1.807, 2.05) is 18.2 Å². The topological polar surface area (TPSA) is 66.2 Å². The summed E-state index contributed by atoms with van der Waals surface area (Å²) in [5.41, 5.74) is 0.204. The van der Waals surface area contributed by atoms with Crippen molar-refractivity contribution in [1.82, 2.24) is 9.88 Å². The highest BCUT2D eigenvalue weighted by atomic mass is 35.5. The Morgan fingerprint density at radius 3 is 2.58 bits per heavy atom. The molecule has 2 unspecified atom stereocenters. The summed E-state index contributed by atoms with van der Waals surface area (Å²) in [6.07, 6.45) is 0. The molecule has 0 spiro atoms. The number of nitrogens with zero attached hydrogens (tertiary/aromatic N) is 3. The molecular formula is C27H26ClF2N3O2S. The van der Waals surface area contributed by atoms with Gasteiger partial charge in [-0.15, -0.1) is 11.3 Å². The maximum absolute atomic E-state index is 15.5. The third-order valence-corrected chi connectivity index (χ3v) is 7.50. The lowest BCUT2D eigenvalue weighted by atomic mass is 9.72. The quantitative estimate of drug-likeness (QED) is 0.310. The third-order valence-electron chi connectivity index (χ3n) is 6.35. The molecule has 188 valence electrons. The van der Waals surface area contributed by atoms with E-state index in [1.54, 1.807) is 30.5 Å². The van der Waals surface area contributed by atoms with E-state index in [1.165, 1.54) is 31.3 Å². The third kappa shape index (κ3) is 5.59. The smallest absolute Gasteiger partial charge is 0.357 e. The van der Waals surface area contributed by atoms with E-state index in [-0.39, 0.29) is 29.8 Å². The molecule has 0 N–H and O–H groups in total. The first-order chi connectivity index (χ1) is 17.1. The van der Waals surface area contributed by atoms with Crippen LogP contribution >= 0.6 is 22.9 Å². The van der Waals surface area contributed by atoms with Gasteiger partial charge in [0, 0.05) is 29.4 Å². The largest absolute Gasteiger partial charge is 0.461 e. The number of ether oxygens (including phenoxy) is 1. The van der Waals surface area contributed by atoms with Gasteiger partial charge in [-0.05, 0) is 68.1 Å². The summed E-state index contributed by atoms with van der Waals surface area (Å²) in [5, 5.41) is 12.3. The SMILES string of the molecule is CCOC(=O)c1csc(C(c2ccc(Cl)cc2)N2CC(C(c3cc(F)cc(C#N)c3)C(C)(C)F)C2)n1. The van der Waals surface area contributed by atoms with Crippen molar-refractivity contribution in [3.05, 3.63) is 86.1 Å². The maximum atomic E-state index is 15.5. The molecule has 1 aliphatic heterocycles. The average molecular weight is 530 g/mol. The van der Waals surface area contributed by atoms with Crippen LogP contribution in [0.1, 0.15) is 64.9 Å². The Hall–Kier alpha value is -2.86. The molecule has 1 fully saturated rings. The molecule has 0 radical (unpaired) electrons. The molecule has 36 heavy (non-hydrogen) atoms. The van der Waals surface area contributed by atoms with Crippen LogP contribution in [0.25, 0.3) is 0 Å². The average Bonchev–Trinajstić information content (AvgIpc) is 3.27. The molecule has 2 aromatic carbocycles. The van der Waals surface area contributed by atoms with E-state index in [0.717, 1.165) is 11.6 Å². The standard InChI is InChI=1S/C27H26ClF2N3O2S/c1-4-35-26(34)22-15-36-25(32-22)24(17-5-7-20(28)8-6-17)33-13-19(14-33)23(27(2,3)30)18-9-16(12-31)10-21(29)11-18/h5-11,15,19,23-24H,4,13-14H2,1-3H3. The molecular weight excluding hydrogens is 504 g/mol. The van der Waals surface area contributed by atoms with Crippen LogP contribution in [-0.4, -0.2) is 41.2 Å². The molecule has 0 saturated carbocycles. The number of nitriles is 1. The van der Waals surface area contributed by atoms with Gasteiger partial charge in [-0.25, -0.2) is 18.6 Å². The van der Waals surface area contributed by atoms with Crippen LogP contribution in [0.3, 0.4) is 0 Å². The Kier molecular flexibility index (Phi) is 7.74. The Morgan fingerprint density at radius 1 is 1.28 bits per heavy atom. The minimum atomic E-state index is -1.63. The fourth-order valence-corrected chi connectivity index (χ4v) is 6.00. The molecule has 0 amide bonds. The Labute approximate surface area is 218 Å². The number of alkyl halides is 1. The van der Waals surface area contributed by atoms with Gasteiger partial charge in [0.2, 0.25) is 0 Å². The van der Waals surface area contributed by atoms with Crippen LogP contribution in [-0.2, 0) is 4.74 Å². The Bertz CT molecular complexity index is 1280.